The van der Waals surface area contributed by atoms with E-state index in [1.165, 1.54) is 24.3 Å². The van der Waals surface area contributed by atoms with E-state index in [-0.39, 0.29) is 28.3 Å². The zero-order valence-corrected chi connectivity index (χ0v) is 20.2. The van der Waals surface area contributed by atoms with Crippen molar-refractivity contribution in [2.45, 2.75) is 32.3 Å². The van der Waals surface area contributed by atoms with E-state index in [2.05, 4.69) is 5.32 Å². The summed E-state index contributed by atoms with van der Waals surface area (Å²) in [5.74, 6) is -0.198. The second-order valence-corrected chi connectivity index (χ2v) is 9.10. The van der Waals surface area contributed by atoms with Crippen LogP contribution in [0, 0.1) is 11.7 Å². The summed E-state index contributed by atoms with van der Waals surface area (Å²) in [5.41, 5.74) is 0.672. The first-order valence-corrected chi connectivity index (χ1v) is 11.8. The summed E-state index contributed by atoms with van der Waals surface area (Å²) in [4.78, 5) is 38.7. The van der Waals surface area contributed by atoms with E-state index in [1.807, 2.05) is 0 Å². The molecule has 2 aromatic carbocycles. The highest BCUT2D eigenvalue weighted by molar-refractivity contribution is 6.33. The van der Waals surface area contributed by atoms with Gasteiger partial charge in [-0.15, -0.1) is 0 Å². The second kappa shape index (κ2) is 10.5. The number of amides is 2. The Balaban J connectivity index is 1.53. The number of hydrogen-bond acceptors (Lipinski definition) is 5. The lowest BCUT2D eigenvalue weighted by Gasteiger charge is -2.34. The third kappa shape index (κ3) is 5.65. The van der Waals surface area contributed by atoms with E-state index in [1.54, 1.807) is 37.1 Å². The van der Waals surface area contributed by atoms with E-state index in [0.29, 0.717) is 41.8 Å². The predicted octanol–water partition coefficient (Wildman–Crippen LogP) is 4.39. The molecule has 1 N–H and O–H groups in total. The van der Waals surface area contributed by atoms with E-state index in [0.717, 1.165) is 12.8 Å². The first-order valence-electron chi connectivity index (χ1n) is 11.4. The van der Waals surface area contributed by atoms with Crippen molar-refractivity contribution in [1.29, 1.82) is 0 Å². The standard InChI is InChI=1S/C26H26ClFN2O5/c1-15(26(33)30-9-3-4-16(14-30)10-24(31)29-2)34-18-6-8-20-21(13-25(32)35-23(20)12-18)19-7-5-17(28)11-22(19)27/h5-8,11-13,15-16H,3-4,9-10,14H2,1-2H3,(H,29,31)/t15?,16-/m1/s1. The van der Waals surface area contributed by atoms with Gasteiger partial charge in [0.1, 0.15) is 17.1 Å². The highest BCUT2D eigenvalue weighted by Gasteiger charge is 2.29. The fourth-order valence-electron chi connectivity index (χ4n) is 4.45. The van der Waals surface area contributed by atoms with Gasteiger partial charge in [-0.2, -0.15) is 0 Å². The summed E-state index contributed by atoms with van der Waals surface area (Å²) in [6.45, 7) is 2.79. The van der Waals surface area contributed by atoms with Gasteiger partial charge in [0, 0.05) is 55.2 Å². The van der Waals surface area contributed by atoms with E-state index < -0.39 is 17.5 Å². The lowest BCUT2D eigenvalue weighted by molar-refractivity contribution is -0.140. The summed E-state index contributed by atoms with van der Waals surface area (Å²) >= 11 is 6.21. The minimum Gasteiger partial charge on any atom is -0.481 e. The monoisotopic (exact) mass is 500 g/mol. The SMILES string of the molecule is CNC(=O)C[C@H]1CCCN(C(=O)C(C)Oc2ccc3c(-c4ccc(F)cc4Cl)cc(=O)oc3c2)C1. The Hall–Kier alpha value is -3.39. The van der Waals surface area contributed by atoms with Crippen molar-refractivity contribution in [3.8, 4) is 16.9 Å². The minimum absolute atomic E-state index is 0.0347. The van der Waals surface area contributed by atoms with Gasteiger partial charge < -0.3 is 19.4 Å². The average Bonchev–Trinajstić information content (AvgIpc) is 2.83. The van der Waals surface area contributed by atoms with Gasteiger partial charge in [-0.25, -0.2) is 9.18 Å². The summed E-state index contributed by atoms with van der Waals surface area (Å²) in [6.07, 6.45) is 1.35. The number of carbonyl (C=O) groups is 2. The fourth-order valence-corrected chi connectivity index (χ4v) is 4.72. The molecule has 4 rings (SSSR count). The number of fused-ring (bicyclic) bond motifs is 1. The van der Waals surface area contributed by atoms with Gasteiger partial charge in [0.2, 0.25) is 5.91 Å². The molecule has 184 valence electrons. The first kappa shape index (κ1) is 24.7. The molecule has 0 aliphatic carbocycles. The zero-order valence-electron chi connectivity index (χ0n) is 19.5. The first-order chi connectivity index (χ1) is 16.7. The third-order valence-electron chi connectivity index (χ3n) is 6.18. The molecule has 35 heavy (non-hydrogen) atoms. The molecule has 0 saturated carbocycles. The van der Waals surface area contributed by atoms with Gasteiger partial charge >= 0.3 is 5.63 Å². The Morgan fingerprint density at radius 3 is 2.77 bits per heavy atom. The summed E-state index contributed by atoms with van der Waals surface area (Å²) in [5, 5.41) is 3.40. The van der Waals surface area contributed by atoms with Crippen LogP contribution in [0.3, 0.4) is 0 Å². The summed E-state index contributed by atoms with van der Waals surface area (Å²) in [6, 6.07) is 10.2. The molecule has 9 heteroatoms. The average molecular weight is 501 g/mol. The van der Waals surface area contributed by atoms with Crippen LogP contribution in [0.1, 0.15) is 26.2 Å². The van der Waals surface area contributed by atoms with Gasteiger partial charge in [0.05, 0.1) is 5.02 Å². The number of nitrogens with one attached hydrogen (secondary N) is 1. The normalized spacial score (nSPS) is 16.7. The van der Waals surface area contributed by atoms with Crippen LogP contribution in [-0.4, -0.2) is 43.0 Å². The number of nitrogens with zero attached hydrogens (tertiary/aromatic N) is 1. The van der Waals surface area contributed by atoms with Crippen molar-refractivity contribution in [2.24, 2.45) is 5.92 Å². The van der Waals surface area contributed by atoms with Crippen LogP contribution in [0.4, 0.5) is 4.39 Å². The van der Waals surface area contributed by atoms with Gasteiger partial charge in [0.25, 0.3) is 5.91 Å². The van der Waals surface area contributed by atoms with Crippen molar-refractivity contribution in [3.63, 3.8) is 0 Å². The zero-order chi connectivity index (χ0) is 25.1. The quantitative estimate of drug-likeness (QED) is 0.507. The van der Waals surface area contributed by atoms with Crippen LogP contribution < -0.4 is 15.7 Å². The number of piperidine rings is 1. The van der Waals surface area contributed by atoms with Gasteiger partial charge in [-0.3, -0.25) is 9.59 Å². The van der Waals surface area contributed by atoms with Crippen LogP contribution in [0.25, 0.3) is 22.1 Å². The number of ether oxygens (including phenoxy) is 1. The Labute approximate surface area is 206 Å². The van der Waals surface area contributed by atoms with E-state index >= 15 is 0 Å². The largest absolute Gasteiger partial charge is 0.481 e. The Morgan fingerprint density at radius 2 is 2.03 bits per heavy atom. The van der Waals surface area contributed by atoms with Gasteiger partial charge in [0.15, 0.2) is 6.10 Å². The van der Waals surface area contributed by atoms with Gasteiger partial charge in [-0.1, -0.05) is 11.6 Å². The lowest BCUT2D eigenvalue weighted by atomic mass is 9.94. The molecule has 1 unspecified atom stereocenters. The van der Waals surface area contributed by atoms with E-state index in [4.69, 9.17) is 20.8 Å². The minimum atomic E-state index is -0.771. The van der Waals surface area contributed by atoms with Crippen LogP contribution in [0.15, 0.2) is 51.7 Å². The Bertz CT molecular complexity index is 1320. The molecule has 2 heterocycles. The molecule has 3 aromatic rings. The third-order valence-corrected chi connectivity index (χ3v) is 6.49. The van der Waals surface area contributed by atoms with E-state index in [9.17, 15) is 18.8 Å². The highest BCUT2D eigenvalue weighted by atomic mass is 35.5. The maximum atomic E-state index is 13.5. The number of rotatable bonds is 6. The Morgan fingerprint density at radius 1 is 1.23 bits per heavy atom. The van der Waals surface area contributed by atoms with Crippen LogP contribution >= 0.6 is 11.6 Å². The fraction of sp³-hybridized carbons (Fsp3) is 0.346. The van der Waals surface area contributed by atoms with Crippen molar-refractivity contribution in [3.05, 3.63) is 63.7 Å². The molecule has 1 aromatic heterocycles. The van der Waals surface area contributed by atoms with Gasteiger partial charge in [-0.05, 0) is 56.0 Å². The topological polar surface area (TPSA) is 88.9 Å². The van der Waals surface area contributed by atoms with Crippen molar-refractivity contribution >= 4 is 34.4 Å². The molecular formula is C26H26ClFN2O5. The molecule has 0 bridgehead atoms. The molecule has 7 nitrogen and oxygen atoms in total. The summed E-state index contributed by atoms with van der Waals surface area (Å²) in [7, 11) is 1.60. The molecule has 1 aliphatic heterocycles. The molecule has 0 spiro atoms. The molecule has 2 atom stereocenters. The molecular weight excluding hydrogens is 475 g/mol. The number of likely N-dealkylation sites (tertiary alicyclic amines) is 1. The van der Waals surface area contributed by atoms with Crippen LogP contribution in [0.5, 0.6) is 5.75 Å². The highest BCUT2D eigenvalue weighted by Crippen LogP contribution is 2.34. The second-order valence-electron chi connectivity index (χ2n) is 8.69. The number of halogens is 2. The maximum Gasteiger partial charge on any atom is 0.336 e. The Kier molecular flexibility index (Phi) is 7.40. The molecule has 0 radical (unpaired) electrons. The number of benzene rings is 2. The molecule has 1 saturated heterocycles. The van der Waals surface area contributed by atoms with Crippen molar-refractivity contribution < 1.29 is 23.1 Å². The molecule has 1 fully saturated rings. The predicted molar refractivity (Wildman–Crippen MR) is 131 cm³/mol. The van der Waals surface area contributed by atoms with Crippen molar-refractivity contribution in [2.75, 3.05) is 20.1 Å². The number of hydrogen-bond donors (Lipinski definition) is 1. The van der Waals surface area contributed by atoms with Crippen molar-refractivity contribution in [1.82, 2.24) is 10.2 Å². The van der Waals surface area contributed by atoms with Crippen LogP contribution in [-0.2, 0) is 9.59 Å². The smallest absolute Gasteiger partial charge is 0.336 e. The maximum absolute atomic E-state index is 13.5. The number of carbonyl (C=O) groups excluding carboxylic acids is 2. The van der Waals surface area contributed by atoms with Crippen LogP contribution in [0.2, 0.25) is 5.02 Å². The summed E-state index contributed by atoms with van der Waals surface area (Å²) < 4.78 is 24.7. The lowest BCUT2D eigenvalue weighted by Crippen LogP contribution is -2.46. The molecule has 2 amide bonds. The molecule has 1 aliphatic rings.